The molecule has 1 aliphatic carbocycles. The number of benzene rings is 1. The van der Waals surface area contributed by atoms with Gasteiger partial charge in [0.1, 0.15) is 17.7 Å². The summed E-state index contributed by atoms with van der Waals surface area (Å²) in [5, 5.41) is 0. The molecule has 2 nitrogen and oxygen atoms in total. The first kappa shape index (κ1) is 15.3. The number of nitrogens with two attached hydrogens (primary N) is 1. The van der Waals surface area contributed by atoms with Gasteiger partial charge in [0, 0.05) is 12.1 Å². The minimum absolute atomic E-state index is 0.0126. The Labute approximate surface area is 121 Å². The van der Waals surface area contributed by atoms with E-state index in [4.69, 9.17) is 10.5 Å². The van der Waals surface area contributed by atoms with Crippen molar-refractivity contribution in [3.05, 3.63) is 30.1 Å². The number of hydrogen-bond acceptors (Lipinski definition) is 2. The molecule has 0 spiro atoms. The summed E-state index contributed by atoms with van der Waals surface area (Å²) in [7, 11) is 0. The van der Waals surface area contributed by atoms with E-state index in [0.717, 1.165) is 25.7 Å². The highest BCUT2D eigenvalue weighted by atomic mass is 19.1. The Kier molecular flexibility index (Phi) is 4.69. The van der Waals surface area contributed by atoms with Crippen LogP contribution in [0.25, 0.3) is 0 Å². The highest BCUT2D eigenvalue weighted by molar-refractivity contribution is 5.23. The molecule has 0 aliphatic heterocycles. The van der Waals surface area contributed by atoms with Gasteiger partial charge in [0.05, 0.1) is 0 Å². The predicted octanol–water partition coefficient (Wildman–Crippen LogP) is 4.14. The van der Waals surface area contributed by atoms with Crippen LogP contribution in [-0.2, 0) is 0 Å². The van der Waals surface area contributed by atoms with Gasteiger partial charge < -0.3 is 10.5 Å². The van der Waals surface area contributed by atoms with Crippen molar-refractivity contribution in [1.29, 1.82) is 0 Å². The molecule has 2 rings (SSSR count). The number of ether oxygens (including phenoxy) is 1. The number of halogens is 1. The normalized spacial score (nSPS) is 27.4. The molecule has 1 saturated carbocycles. The maximum absolute atomic E-state index is 13.2. The molecular weight excluding hydrogens is 253 g/mol. The van der Waals surface area contributed by atoms with Crippen molar-refractivity contribution >= 4 is 0 Å². The van der Waals surface area contributed by atoms with Gasteiger partial charge in [-0.15, -0.1) is 0 Å². The minimum Gasteiger partial charge on any atom is -0.489 e. The molecule has 0 bridgehead atoms. The van der Waals surface area contributed by atoms with Crippen LogP contribution in [0.4, 0.5) is 4.39 Å². The Balaban J connectivity index is 2.06. The molecular formula is C17H26FNO. The lowest BCUT2D eigenvalue weighted by molar-refractivity contribution is 0.0500. The van der Waals surface area contributed by atoms with Gasteiger partial charge in [-0.05, 0) is 42.7 Å². The predicted molar refractivity (Wildman–Crippen MR) is 80.2 cm³/mol. The fraction of sp³-hybridized carbons (Fsp3) is 0.647. The standard InChI is InChI=1S/C17H26FNO/c1-4-17(2,3)12-8-9-15(19)16(10-12)20-14-7-5-6-13(18)11-14/h5-7,11-12,15-16H,4,8-10,19H2,1-3H3. The molecule has 1 aromatic rings. The van der Waals surface area contributed by atoms with Gasteiger partial charge in [-0.1, -0.05) is 33.3 Å². The van der Waals surface area contributed by atoms with Crippen LogP contribution < -0.4 is 10.5 Å². The van der Waals surface area contributed by atoms with Crippen LogP contribution >= 0.6 is 0 Å². The average Bonchev–Trinajstić information content (AvgIpc) is 2.41. The largest absolute Gasteiger partial charge is 0.489 e. The van der Waals surface area contributed by atoms with Crippen LogP contribution in [0.1, 0.15) is 46.5 Å². The molecule has 0 amide bonds. The van der Waals surface area contributed by atoms with Crippen LogP contribution in [0, 0.1) is 17.2 Å². The zero-order valence-corrected chi connectivity index (χ0v) is 12.7. The molecule has 0 radical (unpaired) electrons. The first-order valence-electron chi connectivity index (χ1n) is 7.60. The molecule has 1 aliphatic rings. The summed E-state index contributed by atoms with van der Waals surface area (Å²) < 4.78 is 19.2. The monoisotopic (exact) mass is 279 g/mol. The number of rotatable bonds is 4. The lowest BCUT2D eigenvalue weighted by atomic mass is 9.68. The van der Waals surface area contributed by atoms with Crippen molar-refractivity contribution in [3.8, 4) is 5.75 Å². The average molecular weight is 279 g/mol. The molecule has 1 fully saturated rings. The van der Waals surface area contributed by atoms with Crippen molar-refractivity contribution in [2.75, 3.05) is 0 Å². The van der Waals surface area contributed by atoms with Gasteiger partial charge in [0.25, 0.3) is 0 Å². The van der Waals surface area contributed by atoms with Gasteiger partial charge in [-0.3, -0.25) is 0 Å². The number of hydrogen-bond donors (Lipinski definition) is 1. The summed E-state index contributed by atoms with van der Waals surface area (Å²) in [6.07, 6.45) is 4.23. The van der Waals surface area contributed by atoms with Crippen molar-refractivity contribution in [2.45, 2.75) is 58.6 Å². The van der Waals surface area contributed by atoms with Gasteiger partial charge in [0.2, 0.25) is 0 Å². The molecule has 0 aromatic heterocycles. The van der Waals surface area contributed by atoms with Crippen molar-refractivity contribution in [2.24, 2.45) is 17.1 Å². The van der Waals surface area contributed by atoms with E-state index >= 15 is 0 Å². The summed E-state index contributed by atoms with van der Waals surface area (Å²) in [6, 6.07) is 6.37. The molecule has 112 valence electrons. The van der Waals surface area contributed by atoms with E-state index in [2.05, 4.69) is 20.8 Å². The fourth-order valence-electron chi connectivity index (χ4n) is 3.00. The zero-order valence-electron chi connectivity index (χ0n) is 12.7. The topological polar surface area (TPSA) is 35.2 Å². The summed E-state index contributed by atoms with van der Waals surface area (Å²) >= 11 is 0. The van der Waals surface area contributed by atoms with E-state index in [1.165, 1.54) is 12.1 Å². The molecule has 1 aromatic carbocycles. The van der Waals surface area contributed by atoms with Crippen LogP contribution in [0.5, 0.6) is 5.75 Å². The third-order valence-electron chi connectivity index (χ3n) is 4.94. The fourth-order valence-corrected chi connectivity index (χ4v) is 3.00. The Morgan fingerprint density at radius 1 is 1.35 bits per heavy atom. The SMILES string of the molecule is CCC(C)(C)C1CCC(N)C(Oc2cccc(F)c2)C1. The molecule has 0 saturated heterocycles. The van der Waals surface area contributed by atoms with E-state index in [1.807, 2.05) is 0 Å². The molecule has 20 heavy (non-hydrogen) atoms. The van der Waals surface area contributed by atoms with Crippen LogP contribution in [0.2, 0.25) is 0 Å². The Hall–Kier alpha value is -1.09. The summed E-state index contributed by atoms with van der Waals surface area (Å²) in [5.41, 5.74) is 6.50. The van der Waals surface area contributed by atoms with E-state index < -0.39 is 0 Å². The van der Waals surface area contributed by atoms with Crippen molar-refractivity contribution < 1.29 is 9.13 Å². The van der Waals surface area contributed by atoms with Gasteiger partial charge in [-0.25, -0.2) is 4.39 Å². The Bertz CT molecular complexity index is 446. The second-order valence-electron chi connectivity index (χ2n) is 6.63. The minimum atomic E-state index is -0.266. The second kappa shape index (κ2) is 6.13. The third kappa shape index (κ3) is 3.51. The first-order chi connectivity index (χ1) is 9.42. The summed E-state index contributed by atoms with van der Waals surface area (Å²) in [4.78, 5) is 0. The lowest BCUT2D eigenvalue weighted by Crippen LogP contribution is -2.46. The summed E-state index contributed by atoms with van der Waals surface area (Å²) in [6.45, 7) is 6.86. The van der Waals surface area contributed by atoms with E-state index in [-0.39, 0.29) is 18.0 Å². The molecule has 3 heteroatoms. The smallest absolute Gasteiger partial charge is 0.126 e. The highest BCUT2D eigenvalue weighted by Crippen LogP contribution is 2.41. The second-order valence-corrected chi connectivity index (χ2v) is 6.63. The molecule has 3 unspecified atom stereocenters. The Morgan fingerprint density at radius 3 is 2.75 bits per heavy atom. The first-order valence-corrected chi connectivity index (χ1v) is 7.60. The van der Waals surface area contributed by atoms with Gasteiger partial charge in [0.15, 0.2) is 0 Å². The van der Waals surface area contributed by atoms with Gasteiger partial charge >= 0.3 is 0 Å². The van der Waals surface area contributed by atoms with E-state index in [0.29, 0.717) is 17.1 Å². The van der Waals surface area contributed by atoms with E-state index in [9.17, 15) is 4.39 Å². The zero-order chi connectivity index (χ0) is 14.8. The molecule has 0 heterocycles. The van der Waals surface area contributed by atoms with E-state index in [1.54, 1.807) is 12.1 Å². The summed E-state index contributed by atoms with van der Waals surface area (Å²) in [5.74, 6) is 0.934. The third-order valence-corrected chi connectivity index (χ3v) is 4.94. The van der Waals surface area contributed by atoms with Crippen LogP contribution in [0.3, 0.4) is 0 Å². The highest BCUT2D eigenvalue weighted by Gasteiger charge is 2.37. The lowest BCUT2D eigenvalue weighted by Gasteiger charge is -2.41. The van der Waals surface area contributed by atoms with Crippen LogP contribution in [-0.4, -0.2) is 12.1 Å². The quantitative estimate of drug-likeness (QED) is 0.899. The van der Waals surface area contributed by atoms with Crippen LogP contribution in [0.15, 0.2) is 24.3 Å². The van der Waals surface area contributed by atoms with Crippen molar-refractivity contribution in [3.63, 3.8) is 0 Å². The Morgan fingerprint density at radius 2 is 2.10 bits per heavy atom. The molecule has 3 atom stereocenters. The van der Waals surface area contributed by atoms with Crippen molar-refractivity contribution in [1.82, 2.24) is 0 Å². The maximum Gasteiger partial charge on any atom is 0.126 e. The van der Waals surface area contributed by atoms with Gasteiger partial charge in [-0.2, -0.15) is 0 Å². The molecule has 2 N–H and O–H groups in total. The maximum atomic E-state index is 13.2.